The second-order valence-corrected chi connectivity index (χ2v) is 29.7. The third kappa shape index (κ3) is 16.5. The molecule has 0 bridgehead atoms. The van der Waals surface area contributed by atoms with E-state index in [2.05, 4.69) is 57.4 Å². The average molecular weight is 1400 g/mol. The van der Waals surface area contributed by atoms with Crippen LogP contribution in [0, 0.1) is 24.7 Å². The molecule has 6 aliphatic rings. The molecule has 100 heavy (non-hydrogen) atoms. The van der Waals surface area contributed by atoms with Crippen LogP contribution >= 0.6 is 0 Å². The number of anilines is 2. The number of hydrogen-bond donors (Lipinski definition) is 6. The first-order valence-corrected chi connectivity index (χ1v) is 35.3. The van der Waals surface area contributed by atoms with Crippen LogP contribution in [0.15, 0.2) is 77.8 Å². The first-order valence-electron chi connectivity index (χ1n) is 33.8. The Morgan fingerprint density at radius 3 is 2.07 bits per heavy atom. The van der Waals surface area contributed by atoms with E-state index >= 15 is 0 Å². The fourth-order valence-electron chi connectivity index (χ4n) is 13.5. The van der Waals surface area contributed by atoms with E-state index in [0.29, 0.717) is 59.0 Å². The monoisotopic (exact) mass is 1400 g/mol. The Morgan fingerprint density at radius 1 is 0.780 bits per heavy atom. The summed E-state index contributed by atoms with van der Waals surface area (Å²) in [6.45, 7) is 25.9. The minimum atomic E-state index is -4.39. The molecular formula is C71H93N11O17S. The van der Waals surface area contributed by atoms with Crippen LogP contribution in [0.4, 0.5) is 26.7 Å². The second kappa shape index (κ2) is 30.0. The Labute approximate surface area is 583 Å². The first-order chi connectivity index (χ1) is 47.3. The predicted octanol–water partition coefficient (Wildman–Crippen LogP) is 7.67. The third-order valence-electron chi connectivity index (χ3n) is 19.1. The SMILES string of the molecule is C=C1CC2C(O)N(C(=O)OCc3ccc(NC(=O)C(C)NC(=O)[C@@H](NC(=O)C(C)(C)OCCC(C)(C)NS(=O)(=O)NC(=O)OC4C5CCc6c(C)nn(C(C)C)c6CCC54)C(C)C)cc3)c3cc(OCCCOc4cc5c(cc4OC)C(=O)N4CC(=C)C[C@H]4C=N5)c(OC)cc3C(=O)N2C1. The smallest absolute Gasteiger partial charge is 0.422 e. The van der Waals surface area contributed by atoms with Crippen LogP contribution < -0.4 is 49.2 Å². The van der Waals surface area contributed by atoms with E-state index < -0.39 is 93.5 Å². The molecule has 4 aromatic rings. The molecule has 2 aliphatic carbocycles. The molecule has 10 rings (SSSR count). The van der Waals surface area contributed by atoms with E-state index in [1.165, 1.54) is 63.3 Å². The molecular weight excluding hydrogens is 1310 g/mol. The minimum absolute atomic E-state index is 0.0137. The second-order valence-electron chi connectivity index (χ2n) is 28.3. The number of aryl methyl sites for hydroxylation is 1. The van der Waals surface area contributed by atoms with Gasteiger partial charge in [-0.25, -0.2) is 19.2 Å². The van der Waals surface area contributed by atoms with Gasteiger partial charge < -0.3 is 64.0 Å². The number of nitrogens with one attached hydrogen (secondary N) is 5. The van der Waals surface area contributed by atoms with Crippen molar-refractivity contribution in [2.75, 3.05) is 57.3 Å². The summed E-state index contributed by atoms with van der Waals surface area (Å²) in [6.07, 6.45) is 2.20. The Bertz CT molecular complexity index is 4000. The van der Waals surface area contributed by atoms with Crippen molar-refractivity contribution < 1.29 is 80.2 Å². The summed E-state index contributed by atoms with van der Waals surface area (Å²) in [4.78, 5) is 105. The summed E-state index contributed by atoms with van der Waals surface area (Å²) in [5.74, 6) is -1.63. The summed E-state index contributed by atoms with van der Waals surface area (Å²) in [5.41, 5.74) is 4.15. The Kier molecular flexibility index (Phi) is 22.1. The number of nitrogens with zero attached hydrogens (tertiary/aromatic N) is 6. The van der Waals surface area contributed by atoms with Gasteiger partial charge in [-0.05, 0) is 142 Å². The zero-order valence-corrected chi connectivity index (χ0v) is 59.7. The lowest BCUT2D eigenvalue weighted by Gasteiger charge is -2.31. The number of fused-ring (bicyclic) bond motifs is 6. The van der Waals surface area contributed by atoms with E-state index in [1.807, 2.05) is 11.6 Å². The maximum atomic E-state index is 14.3. The number of ether oxygens (including phenoxy) is 7. The molecule has 7 amide bonds. The lowest BCUT2D eigenvalue weighted by molar-refractivity contribution is -0.146. The molecule has 8 atom stereocenters. The molecule has 3 aromatic carbocycles. The van der Waals surface area contributed by atoms with Crippen LogP contribution in [-0.2, 0) is 58.3 Å². The zero-order valence-electron chi connectivity index (χ0n) is 58.9. The molecule has 540 valence electrons. The number of aromatic nitrogens is 2. The maximum absolute atomic E-state index is 14.3. The van der Waals surface area contributed by atoms with Crippen molar-refractivity contribution in [1.29, 1.82) is 0 Å². The van der Waals surface area contributed by atoms with Crippen LogP contribution in [0.25, 0.3) is 0 Å². The highest BCUT2D eigenvalue weighted by Crippen LogP contribution is 2.50. The molecule has 1 saturated carbocycles. The number of carbonyl (C=O) groups excluding carboxylic acids is 7. The maximum Gasteiger partial charge on any atom is 0.422 e. The molecule has 5 heterocycles. The molecule has 3 fully saturated rings. The van der Waals surface area contributed by atoms with Gasteiger partial charge in [0, 0.05) is 79.3 Å². The molecule has 6 N–H and O–H groups in total. The molecule has 2 saturated heterocycles. The van der Waals surface area contributed by atoms with Gasteiger partial charge in [-0.1, -0.05) is 50.3 Å². The van der Waals surface area contributed by atoms with Crippen molar-refractivity contribution in [1.82, 2.24) is 39.7 Å². The van der Waals surface area contributed by atoms with Gasteiger partial charge in [0.2, 0.25) is 11.8 Å². The number of carbonyl (C=O) groups is 7. The summed E-state index contributed by atoms with van der Waals surface area (Å²) < 4.78 is 74.1. The molecule has 4 aliphatic heterocycles. The predicted molar refractivity (Wildman–Crippen MR) is 370 cm³/mol. The summed E-state index contributed by atoms with van der Waals surface area (Å²) in [5, 5.41) is 24.9. The molecule has 0 spiro atoms. The van der Waals surface area contributed by atoms with Crippen molar-refractivity contribution in [3.8, 4) is 23.0 Å². The quantitative estimate of drug-likeness (QED) is 0.0259. The average Bonchev–Trinajstić information content (AvgIpc) is 1.60. The van der Waals surface area contributed by atoms with Gasteiger partial charge in [0.1, 0.15) is 30.4 Å². The van der Waals surface area contributed by atoms with Gasteiger partial charge in [-0.15, -0.1) is 0 Å². The number of benzene rings is 3. The molecule has 6 unspecified atom stereocenters. The first kappa shape index (κ1) is 73.7. The van der Waals surface area contributed by atoms with Gasteiger partial charge >= 0.3 is 22.4 Å². The number of aliphatic hydroxyl groups excluding tert-OH is 1. The highest BCUT2D eigenvalue weighted by Gasteiger charge is 2.54. The van der Waals surface area contributed by atoms with Crippen molar-refractivity contribution in [2.45, 2.75) is 181 Å². The Balaban J connectivity index is 0.681. The van der Waals surface area contributed by atoms with Gasteiger partial charge in [-0.3, -0.25) is 33.6 Å². The van der Waals surface area contributed by atoms with Crippen molar-refractivity contribution in [3.05, 3.63) is 106 Å². The van der Waals surface area contributed by atoms with E-state index in [1.54, 1.807) is 75.2 Å². The van der Waals surface area contributed by atoms with Gasteiger partial charge in [-0.2, -0.15) is 18.2 Å². The van der Waals surface area contributed by atoms with Crippen LogP contribution in [0.1, 0.15) is 150 Å². The summed E-state index contributed by atoms with van der Waals surface area (Å²) >= 11 is 0. The Hall–Kier alpha value is -9.06. The van der Waals surface area contributed by atoms with E-state index in [9.17, 15) is 47.1 Å². The van der Waals surface area contributed by atoms with Crippen LogP contribution in [-0.4, -0.2) is 176 Å². The standard InChI is InChI=1S/C71H93N11O17S/c1-38(2)60(75-67(88)71(11,12)98-27-24-70(9,10)78-100(91,92)77-68(89)99-61-48-21-20-47-42(7)76-82(39(3)4)53(47)23-22-49(48)61)63(84)73-43(8)62(83)74-45-18-16-44(17-19-45)37-97-69(90)81-54-33-59(57(94-14)31-51(54)65(86)80-36-41(6)29-55(80)66(81)87)96-26-15-25-95-58-32-52-50(30-56(58)93-13)64(85)79-35-40(5)28-46(79)34-72-52/h16-19,30-34,38-39,43,46,48-49,55,60-61,66,78,87H,5-6,15,20-29,35-37H2,1-4,7-14H3,(H,73,84)(H,74,83)(H,75,88)(H,77,89)/t43?,46-,48?,49?,55?,60-,61?,66?/m0/s1. The Morgan fingerprint density at radius 2 is 1.41 bits per heavy atom. The summed E-state index contributed by atoms with van der Waals surface area (Å²) in [7, 11) is -1.50. The zero-order chi connectivity index (χ0) is 72.4. The largest absolute Gasteiger partial charge is 0.493 e. The number of hydrogen-bond acceptors (Lipinski definition) is 19. The van der Waals surface area contributed by atoms with Crippen LogP contribution in [0.3, 0.4) is 0 Å². The van der Waals surface area contributed by atoms with Gasteiger partial charge in [0.15, 0.2) is 29.2 Å². The normalized spacial score (nSPS) is 20.8. The number of aliphatic hydroxyl groups is 1. The molecule has 1 aromatic heterocycles. The number of aliphatic imine (C=N–C) groups is 1. The number of amides is 7. The fraction of sp³-hybridized carbons (Fsp3) is 0.535. The fourth-order valence-corrected chi connectivity index (χ4v) is 14.7. The topological polar surface area (TPSA) is 339 Å². The van der Waals surface area contributed by atoms with Gasteiger partial charge in [0.25, 0.3) is 17.7 Å². The van der Waals surface area contributed by atoms with Crippen molar-refractivity contribution >= 4 is 75.2 Å². The molecule has 0 radical (unpaired) electrons. The highest BCUT2D eigenvalue weighted by molar-refractivity contribution is 7.88. The summed E-state index contributed by atoms with van der Waals surface area (Å²) in [6, 6.07) is 9.51. The minimum Gasteiger partial charge on any atom is -0.493 e. The van der Waals surface area contributed by atoms with Crippen molar-refractivity contribution in [2.24, 2.45) is 22.7 Å². The van der Waals surface area contributed by atoms with Crippen LogP contribution in [0.2, 0.25) is 0 Å². The van der Waals surface area contributed by atoms with Gasteiger partial charge in [0.05, 0.1) is 67.7 Å². The van der Waals surface area contributed by atoms with Crippen molar-refractivity contribution in [3.63, 3.8) is 0 Å². The van der Waals surface area contributed by atoms with E-state index in [4.69, 9.17) is 38.3 Å². The van der Waals surface area contributed by atoms with E-state index in [-0.39, 0.29) is 98.4 Å². The lowest BCUT2D eigenvalue weighted by atomic mass is 9.97. The van der Waals surface area contributed by atoms with E-state index in [0.717, 1.165) is 41.9 Å². The highest BCUT2D eigenvalue weighted by atomic mass is 32.2. The number of rotatable bonds is 26. The lowest BCUT2D eigenvalue weighted by Crippen LogP contribution is -2.57. The van der Waals surface area contributed by atoms with Crippen LogP contribution in [0.5, 0.6) is 23.0 Å². The molecule has 28 nitrogen and oxygen atoms in total. The number of methoxy groups -OCH3 is 2. The third-order valence-corrected chi connectivity index (χ3v) is 20.3. The molecule has 29 heteroatoms.